The molecule has 2 rings (SSSR count). The van der Waals surface area contributed by atoms with Crippen LogP contribution in [0.5, 0.6) is 0 Å². The number of methoxy groups -OCH3 is 1. The normalized spacial score (nSPS) is 18.6. The molecule has 1 N–H and O–H groups in total. The van der Waals surface area contributed by atoms with Gasteiger partial charge >= 0.3 is 5.97 Å². The molecule has 1 heterocycles. The molecule has 1 aliphatic rings. The van der Waals surface area contributed by atoms with Crippen LogP contribution in [0, 0.1) is 0 Å². The Bertz CT molecular complexity index is 476. The molecule has 0 saturated carbocycles. The van der Waals surface area contributed by atoms with Crippen LogP contribution in [0.2, 0.25) is 0 Å². The van der Waals surface area contributed by atoms with Crippen LogP contribution in [0.1, 0.15) is 18.4 Å². The highest BCUT2D eigenvalue weighted by molar-refractivity contribution is 5.87. The van der Waals surface area contributed by atoms with Crippen molar-refractivity contribution in [1.82, 2.24) is 10.2 Å². The van der Waals surface area contributed by atoms with Gasteiger partial charge in [0.1, 0.15) is 0 Å². The van der Waals surface area contributed by atoms with Gasteiger partial charge in [-0.2, -0.15) is 0 Å². The molecule has 0 aromatic heterocycles. The molecule has 1 atom stereocenters. The number of hydrogen-bond donors (Lipinski definition) is 1. The minimum Gasteiger partial charge on any atom is -0.469 e. The van der Waals surface area contributed by atoms with E-state index in [1.165, 1.54) is 12.7 Å². The predicted molar refractivity (Wildman–Crippen MR) is 79.8 cm³/mol. The average Bonchev–Trinajstić information content (AvgIpc) is 2.52. The van der Waals surface area contributed by atoms with Crippen molar-refractivity contribution in [3.63, 3.8) is 0 Å². The lowest BCUT2D eigenvalue weighted by Gasteiger charge is -2.32. The molecule has 21 heavy (non-hydrogen) atoms. The van der Waals surface area contributed by atoms with Gasteiger partial charge in [-0.05, 0) is 18.4 Å². The lowest BCUT2D eigenvalue weighted by Crippen LogP contribution is -2.55. The van der Waals surface area contributed by atoms with Gasteiger partial charge in [-0.25, -0.2) is 0 Å². The topological polar surface area (TPSA) is 58.6 Å². The summed E-state index contributed by atoms with van der Waals surface area (Å²) in [6.07, 6.45) is 1.99. The van der Waals surface area contributed by atoms with E-state index in [0.29, 0.717) is 6.54 Å². The number of aryl methyl sites for hydroxylation is 1. The summed E-state index contributed by atoms with van der Waals surface area (Å²) in [4.78, 5) is 25.4. The van der Waals surface area contributed by atoms with E-state index >= 15 is 0 Å². The molecule has 5 heteroatoms. The highest BCUT2D eigenvalue weighted by Gasteiger charge is 2.29. The van der Waals surface area contributed by atoms with Gasteiger partial charge in [0.15, 0.2) is 0 Å². The van der Waals surface area contributed by atoms with E-state index in [1.807, 2.05) is 23.1 Å². The number of piperazine rings is 1. The lowest BCUT2D eigenvalue weighted by molar-refractivity contribution is -0.146. The molecule has 1 amide bonds. The van der Waals surface area contributed by atoms with Crippen molar-refractivity contribution >= 4 is 11.9 Å². The molecule has 1 aromatic rings. The first-order valence-corrected chi connectivity index (χ1v) is 7.33. The second-order valence-corrected chi connectivity index (χ2v) is 5.20. The largest absolute Gasteiger partial charge is 0.469 e. The third-order valence-electron chi connectivity index (χ3n) is 3.72. The van der Waals surface area contributed by atoms with Crippen molar-refractivity contribution in [3.05, 3.63) is 35.9 Å². The van der Waals surface area contributed by atoms with Gasteiger partial charge in [-0.1, -0.05) is 30.3 Å². The van der Waals surface area contributed by atoms with Crippen LogP contribution < -0.4 is 5.32 Å². The summed E-state index contributed by atoms with van der Waals surface area (Å²) in [5.41, 5.74) is 1.28. The Morgan fingerprint density at radius 3 is 2.86 bits per heavy atom. The van der Waals surface area contributed by atoms with Crippen molar-refractivity contribution in [1.29, 1.82) is 0 Å². The van der Waals surface area contributed by atoms with E-state index in [4.69, 9.17) is 0 Å². The van der Waals surface area contributed by atoms with Crippen molar-refractivity contribution in [2.24, 2.45) is 0 Å². The van der Waals surface area contributed by atoms with Crippen LogP contribution in [-0.2, 0) is 20.7 Å². The van der Waals surface area contributed by atoms with E-state index in [0.717, 1.165) is 25.9 Å². The number of carbonyl (C=O) groups excluding carboxylic acids is 2. The second kappa shape index (κ2) is 7.78. The molecule has 0 radical (unpaired) electrons. The van der Waals surface area contributed by atoms with Crippen molar-refractivity contribution < 1.29 is 14.3 Å². The minimum absolute atomic E-state index is 0.000267. The van der Waals surface area contributed by atoms with Gasteiger partial charge in [-0.3, -0.25) is 9.59 Å². The zero-order chi connectivity index (χ0) is 15.1. The first kappa shape index (κ1) is 15.5. The monoisotopic (exact) mass is 290 g/mol. The van der Waals surface area contributed by atoms with Gasteiger partial charge in [0.05, 0.1) is 19.6 Å². The van der Waals surface area contributed by atoms with Crippen LogP contribution >= 0.6 is 0 Å². The summed E-state index contributed by atoms with van der Waals surface area (Å²) >= 11 is 0. The van der Waals surface area contributed by atoms with Gasteiger partial charge in [0, 0.05) is 19.6 Å². The third kappa shape index (κ3) is 4.56. The average molecular weight is 290 g/mol. The van der Waals surface area contributed by atoms with Gasteiger partial charge in [0.25, 0.3) is 0 Å². The molecule has 1 unspecified atom stereocenters. The van der Waals surface area contributed by atoms with Crippen molar-refractivity contribution in [3.8, 4) is 0 Å². The molecule has 1 aliphatic heterocycles. The Morgan fingerprint density at radius 2 is 2.14 bits per heavy atom. The number of esters is 1. The molecule has 0 bridgehead atoms. The van der Waals surface area contributed by atoms with Crippen molar-refractivity contribution in [2.75, 3.05) is 26.7 Å². The molecular weight excluding hydrogens is 268 g/mol. The molecule has 5 nitrogen and oxygen atoms in total. The maximum absolute atomic E-state index is 12.3. The predicted octanol–water partition coefficient (Wildman–Crippen LogP) is 0.983. The quantitative estimate of drug-likeness (QED) is 0.794. The first-order valence-electron chi connectivity index (χ1n) is 7.33. The third-order valence-corrected chi connectivity index (χ3v) is 3.72. The summed E-state index contributed by atoms with van der Waals surface area (Å²) in [6, 6.07) is 9.80. The Hall–Kier alpha value is -1.88. The number of nitrogens with zero attached hydrogens (tertiary/aromatic N) is 1. The number of nitrogens with one attached hydrogen (secondary N) is 1. The Morgan fingerprint density at radius 1 is 1.38 bits per heavy atom. The summed E-state index contributed by atoms with van der Waals surface area (Å²) in [5.74, 6) is -0.355. The highest BCUT2D eigenvalue weighted by Crippen LogP contribution is 2.09. The molecular formula is C16H22N2O3. The van der Waals surface area contributed by atoms with Crippen LogP contribution in [0.3, 0.4) is 0 Å². The fourth-order valence-electron chi connectivity index (χ4n) is 2.54. The smallest absolute Gasteiger partial charge is 0.307 e. The zero-order valence-corrected chi connectivity index (χ0v) is 12.4. The number of amides is 1. The van der Waals surface area contributed by atoms with Crippen LogP contribution in [0.25, 0.3) is 0 Å². The Labute approximate surface area is 125 Å². The Balaban J connectivity index is 1.80. The van der Waals surface area contributed by atoms with Crippen molar-refractivity contribution in [2.45, 2.75) is 25.3 Å². The maximum Gasteiger partial charge on any atom is 0.307 e. The number of carbonyl (C=O) groups is 2. The van der Waals surface area contributed by atoms with Crippen LogP contribution in [0.4, 0.5) is 0 Å². The fourth-order valence-corrected chi connectivity index (χ4v) is 2.54. The SMILES string of the molecule is COC(=O)CC1NCCN(CCCc2ccccc2)C1=O. The fraction of sp³-hybridized carbons (Fsp3) is 0.500. The minimum atomic E-state index is -0.442. The standard InChI is InChI=1S/C16H22N2O3/c1-21-15(19)12-14-16(20)18(11-9-17-14)10-5-8-13-6-3-2-4-7-13/h2-4,6-7,14,17H,5,8-12H2,1H3. The van der Waals surface area contributed by atoms with E-state index in [-0.39, 0.29) is 18.3 Å². The molecule has 1 aromatic carbocycles. The molecule has 114 valence electrons. The number of ether oxygens (including phenoxy) is 1. The molecule has 1 saturated heterocycles. The van der Waals surface area contributed by atoms with E-state index < -0.39 is 6.04 Å². The lowest BCUT2D eigenvalue weighted by atomic mass is 10.1. The first-order chi connectivity index (χ1) is 10.2. The molecule has 1 fully saturated rings. The zero-order valence-electron chi connectivity index (χ0n) is 12.4. The summed E-state index contributed by atoms with van der Waals surface area (Å²) in [5, 5.41) is 3.08. The highest BCUT2D eigenvalue weighted by atomic mass is 16.5. The van der Waals surface area contributed by atoms with Gasteiger partial charge in [-0.15, -0.1) is 0 Å². The van der Waals surface area contributed by atoms with E-state index in [2.05, 4.69) is 22.2 Å². The van der Waals surface area contributed by atoms with Crippen LogP contribution in [-0.4, -0.2) is 49.6 Å². The summed E-state index contributed by atoms with van der Waals surface area (Å²) in [6.45, 7) is 2.15. The number of rotatable bonds is 6. The molecule has 0 spiro atoms. The van der Waals surface area contributed by atoms with Gasteiger partial charge in [0.2, 0.25) is 5.91 Å². The molecule has 0 aliphatic carbocycles. The van der Waals surface area contributed by atoms with Gasteiger partial charge < -0.3 is 15.0 Å². The Kier molecular flexibility index (Phi) is 5.75. The second-order valence-electron chi connectivity index (χ2n) is 5.20. The maximum atomic E-state index is 12.3. The number of benzene rings is 1. The van der Waals surface area contributed by atoms with Crippen LogP contribution in [0.15, 0.2) is 30.3 Å². The van der Waals surface area contributed by atoms with E-state index in [1.54, 1.807) is 0 Å². The summed E-state index contributed by atoms with van der Waals surface area (Å²) < 4.78 is 4.63. The number of hydrogen-bond acceptors (Lipinski definition) is 4. The van der Waals surface area contributed by atoms with E-state index in [9.17, 15) is 9.59 Å². The summed E-state index contributed by atoms with van der Waals surface area (Å²) in [7, 11) is 1.34.